The molecule has 0 radical (unpaired) electrons. The lowest BCUT2D eigenvalue weighted by Crippen LogP contribution is -2.32. The molecule has 0 spiro atoms. The number of nitrogen functional groups attached to an aromatic ring is 1. The van der Waals surface area contributed by atoms with Crippen LogP contribution in [-0.4, -0.2) is 22.9 Å². The number of aldehydes is 1. The van der Waals surface area contributed by atoms with E-state index < -0.39 is 11.7 Å². The number of carbonyl (C=O) groups excluding carboxylic acids is 3. The normalized spacial score (nSPS) is 11.3. The number of Topliss-reactive ketones (excluding diaryl/α,β-unsaturated/α-hetero) is 1. The SMILES string of the molecule is CC.CCCCC=O.Nc1ccccc1C(=O)C(=O)N1Cc2ccccc2C1.[HH]. The van der Waals surface area contributed by atoms with Crippen LogP contribution < -0.4 is 5.73 Å². The van der Waals surface area contributed by atoms with Crippen LogP contribution in [0.4, 0.5) is 5.69 Å². The molecule has 2 N–H and O–H groups in total. The second-order valence-electron chi connectivity index (χ2n) is 6.16. The summed E-state index contributed by atoms with van der Waals surface area (Å²) in [7, 11) is 0. The maximum atomic E-state index is 12.3. The molecule has 1 heterocycles. The topological polar surface area (TPSA) is 80.5 Å². The molecule has 2 aromatic carbocycles. The lowest BCUT2D eigenvalue weighted by Gasteiger charge is -2.14. The number of benzene rings is 2. The second-order valence-corrected chi connectivity index (χ2v) is 6.16. The summed E-state index contributed by atoms with van der Waals surface area (Å²) in [5, 5.41) is 0. The van der Waals surface area contributed by atoms with Gasteiger partial charge in [-0.1, -0.05) is 63.6 Å². The summed E-state index contributed by atoms with van der Waals surface area (Å²) in [6.07, 6.45) is 3.86. The number of unbranched alkanes of at least 4 members (excludes halogenated alkanes) is 2. The van der Waals surface area contributed by atoms with Crippen molar-refractivity contribution in [2.24, 2.45) is 0 Å². The first-order valence-corrected chi connectivity index (χ1v) is 9.77. The molecule has 2 aromatic rings. The van der Waals surface area contributed by atoms with Crippen molar-refractivity contribution in [3.8, 4) is 0 Å². The minimum atomic E-state index is -0.545. The fourth-order valence-electron chi connectivity index (χ4n) is 2.73. The van der Waals surface area contributed by atoms with Crippen LogP contribution in [-0.2, 0) is 22.7 Å². The van der Waals surface area contributed by atoms with Crippen molar-refractivity contribution < 1.29 is 15.8 Å². The van der Waals surface area contributed by atoms with Gasteiger partial charge in [0.1, 0.15) is 6.29 Å². The van der Waals surface area contributed by atoms with E-state index in [0.717, 1.165) is 36.7 Å². The van der Waals surface area contributed by atoms with Gasteiger partial charge in [-0.05, 0) is 29.7 Å². The second kappa shape index (κ2) is 12.4. The summed E-state index contributed by atoms with van der Waals surface area (Å²) in [5.41, 5.74) is 8.54. The van der Waals surface area contributed by atoms with E-state index in [2.05, 4.69) is 6.92 Å². The van der Waals surface area contributed by atoms with Crippen molar-refractivity contribution in [2.45, 2.75) is 53.1 Å². The standard InChI is InChI=1S/C16H14N2O2.C5H10O.C2H6.H2/c17-14-8-4-3-7-13(14)15(19)16(20)18-9-11-5-1-2-6-12(11)10-18;1-2-3-4-5-6;1-2;/h1-8H,9-10,17H2;5H,2-4H2,1H3;1-2H3;1H. The number of anilines is 1. The number of hydrogen-bond acceptors (Lipinski definition) is 4. The lowest BCUT2D eigenvalue weighted by molar-refractivity contribution is -0.127. The van der Waals surface area contributed by atoms with Crippen molar-refractivity contribution >= 4 is 23.7 Å². The molecule has 0 fully saturated rings. The molecule has 0 atom stereocenters. The third kappa shape index (κ3) is 6.34. The zero-order valence-electron chi connectivity index (χ0n) is 17.0. The Hall–Kier alpha value is -2.95. The molecule has 0 aliphatic carbocycles. The fourth-order valence-corrected chi connectivity index (χ4v) is 2.73. The quantitative estimate of drug-likeness (QED) is 0.268. The minimum Gasteiger partial charge on any atom is -0.398 e. The van der Waals surface area contributed by atoms with Crippen LogP contribution in [0.3, 0.4) is 0 Å². The first kappa shape index (κ1) is 23.1. The monoisotopic (exact) mass is 384 g/mol. The molecule has 5 nitrogen and oxygen atoms in total. The molecule has 5 heteroatoms. The number of nitrogens with zero attached hydrogens (tertiary/aromatic N) is 1. The Labute approximate surface area is 169 Å². The van der Waals surface area contributed by atoms with Crippen molar-refractivity contribution in [1.29, 1.82) is 0 Å². The van der Waals surface area contributed by atoms with Crippen LogP contribution in [0.5, 0.6) is 0 Å². The van der Waals surface area contributed by atoms with Crippen LogP contribution in [0.2, 0.25) is 0 Å². The lowest BCUT2D eigenvalue weighted by atomic mass is 10.1. The predicted molar refractivity (Wildman–Crippen MR) is 115 cm³/mol. The Morgan fingerprint density at radius 3 is 2.04 bits per heavy atom. The summed E-state index contributed by atoms with van der Waals surface area (Å²) in [6, 6.07) is 14.5. The van der Waals surface area contributed by atoms with Crippen LogP contribution >= 0.6 is 0 Å². The smallest absolute Gasteiger partial charge is 0.295 e. The summed E-state index contributed by atoms with van der Waals surface area (Å²) in [6.45, 7) is 7.03. The summed E-state index contributed by atoms with van der Waals surface area (Å²) < 4.78 is 0. The molecule has 1 amide bonds. The van der Waals surface area contributed by atoms with Crippen molar-refractivity contribution in [3.05, 3.63) is 65.2 Å². The van der Waals surface area contributed by atoms with Crippen LogP contribution in [0.1, 0.15) is 62.9 Å². The van der Waals surface area contributed by atoms with Crippen LogP contribution in [0, 0.1) is 0 Å². The summed E-state index contributed by atoms with van der Waals surface area (Å²) >= 11 is 0. The number of fused-ring (bicyclic) bond motifs is 1. The maximum absolute atomic E-state index is 12.3. The number of rotatable bonds is 5. The molecule has 0 saturated heterocycles. The molecule has 0 unspecified atom stereocenters. The molecular formula is C23H32N2O3. The number of hydrogen-bond donors (Lipinski definition) is 1. The van der Waals surface area contributed by atoms with Crippen molar-refractivity contribution in [1.82, 2.24) is 4.90 Å². The van der Waals surface area contributed by atoms with Crippen LogP contribution in [0.15, 0.2) is 48.5 Å². The molecule has 28 heavy (non-hydrogen) atoms. The average molecular weight is 385 g/mol. The van der Waals surface area contributed by atoms with Gasteiger partial charge >= 0.3 is 0 Å². The Balaban J connectivity index is 0.000000756. The van der Waals surface area contributed by atoms with Gasteiger partial charge in [-0.15, -0.1) is 0 Å². The summed E-state index contributed by atoms with van der Waals surface area (Å²) in [4.78, 5) is 35.6. The molecule has 1 aliphatic rings. The molecule has 0 saturated carbocycles. The van der Waals surface area contributed by atoms with Gasteiger partial charge in [0.05, 0.1) is 5.56 Å². The molecular weight excluding hydrogens is 352 g/mol. The fraction of sp³-hybridized carbons (Fsp3) is 0.348. The van der Waals surface area contributed by atoms with E-state index in [1.807, 2.05) is 38.1 Å². The van der Waals surface area contributed by atoms with E-state index in [1.165, 1.54) is 0 Å². The maximum Gasteiger partial charge on any atom is 0.295 e. The third-order valence-electron chi connectivity index (χ3n) is 4.20. The largest absolute Gasteiger partial charge is 0.398 e. The zero-order chi connectivity index (χ0) is 20.9. The average Bonchev–Trinajstić information content (AvgIpc) is 3.18. The van der Waals surface area contributed by atoms with Gasteiger partial charge in [0, 0.05) is 26.6 Å². The highest BCUT2D eigenvalue weighted by Gasteiger charge is 2.29. The van der Waals surface area contributed by atoms with Gasteiger partial charge in [-0.3, -0.25) is 9.59 Å². The Kier molecular flexibility index (Phi) is 10.3. The van der Waals surface area contributed by atoms with E-state index in [4.69, 9.17) is 5.73 Å². The van der Waals surface area contributed by atoms with Gasteiger partial charge in [0.2, 0.25) is 0 Å². The van der Waals surface area contributed by atoms with E-state index in [0.29, 0.717) is 18.8 Å². The van der Waals surface area contributed by atoms with Crippen molar-refractivity contribution in [3.63, 3.8) is 0 Å². The number of carbonyl (C=O) groups is 3. The molecule has 1 aliphatic heterocycles. The highest BCUT2D eigenvalue weighted by molar-refractivity contribution is 6.43. The predicted octanol–water partition coefficient (Wildman–Crippen LogP) is 4.64. The number of nitrogens with two attached hydrogens (primary N) is 1. The third-order valence-corrected chi connectivity index (χ3v) is 4.20. The van der Waals surface area contributed by atoms with Crippen molar-refractivity contribution in [2.75, 3.05) is 5.73 Å². The van der Waals surface area contributed by atoms with Gasteiger partial charge < -0.3 is 15.4 Å². The number of para-hydroxylation sites is 1. The first-order valence-electron chi connectivity index (χ1n) is 9.77. The highest BCUT2D eigenvalue weighted by atomic mass is 16.2. The Morgan fingerprint density at radius 2 is 1.57 bits per heavy atom. The van der Waals surface area contributed by atoms with Gasteiger partial charge in [-0.2, -0.15) is 0 Å². The minimum absolute atomic E-state index is 0. The summed E-state index contributed by atoms with van der Waals surface area (Å²) in [5.74, 6) is -1.05. The number of ketones is 1. The molecule has 3 rings (SSSR count). The molecule has 0 aromatic heterocycles. The van der Waals surface area contributed by atoms with Crippen LogP contribution in [0.25, 0.3) is 0 Å². The van der Waals surface area contributed by atoms with E-state index >= 15 is 0 Å². The van der Waals surface area contributed by atoms with Gasteiger partial charge in [0.15, 0.2) is 0 Å². The van der Waals surface area contributed by atoms with E-state index in [1.54, 1.807) is 29.2 Å². The first-order chi connectivity index (χ1) is 13.6. The number of amides is 1. The highest BCUT2D eigenvalue weighted by Crippen LogP contribution is 2.23. The van der Waals surface area contributed by atoms with Gasteiger partial charge in [-0.25, -0.2) is 0 Å². The Morgan fingerprint density at radius 1 is 1.04 bits per heavy atom. The van der Waals surface area contributed by atoms with E-state index in [9.17, 15) is 14.4 Å². The van der Waals surface area contributed by atoms with Gasteiger partial charge in [0.25, 0.3) is 11.7 Å². The Bertz CT molecular complexity index is 768. The molecule has 0 bridgehead atoms. The molecule has 152 valence electrons. The van der Waals surface area contributed by atoms with E-state index in [-0.39, 0.29) is 6.99 Å². The zero-order valence-corrected chi connectivity index (χ0v) is 17.0.